The van der Waals surface area contributed by atoms with Crippen molar-refractivity contribution in [2.45, 2.75) is 45.4 Å². The first-order valence-electron chi connectivity index (χ1n) is 10.5. The van der Waals surface area contributed by atoms with E-state index in [1.807, 2.05) is 4.90 Å². The molecule has 1 saturated heterocycles. The molecule has 0 radical (unpaired) electrons. The van der Waals surface area contributed by atoms with Gasteiger partial charge in [0.05, 0.1) is 12.2 Å². The number of rotatable bonds is 6. The molecule has 2 amide bonds. The third-order valence-corrected chi connectivity index (χ3v) is 5.96. The van der Waals surface area contributed by atoms with Crippen LogP contribution in [0.1, 0.15) is 55.8 Å². The molecule has 0 unspecified atom stereocenters. The Morgan fingerprint density at radius 2 is 1.76 bits per heavy atom. The molecule has 158 valence electrons. The highest BCUT2D eigenvalue weighted by Crippen LogP contribution is 2.26. The van der Waals surface area contributed by atoms with Gasteiger partial charge in [-0.3, -0.25) is 14.4 Å². The van der Waals surface area contributed by atoms with Gasteiger partial charge >= 0.3 is 0 Å². The van der Waals surface area contributed by atoms with Crippen LogP contribution in [0.25, 0.3) is 0 Å². The Morgan fingerprint density at radius 3 is 2.38 bits per heavy atom. The molecular formula is C22H30FN3O3. The maximum absolute atomic E-state index is 14.3. The van der Waals surface area contributed by atoms with Crippen LogP contribution in [0.5, 0.6) is 0 Å². The normalized spacial score (nSPS) is 17.9. The van der Waals surface area contributed by atoms with Crippen molar-refractivity contribution in [3.63, 3.8) is 0 Å². The van der Waals surface area contributed by atoms with Crippen molar-refractivity contribution in [1.82, 2.24) is 10.2 Å². The van der Waals surface area contributed by atoms with Crippen molar-refractivity contribution in [3.05, 3.63) is 29.6 Å². The Labute approximate surface area is 171 Å². The van der Waals surface area contributed by atoms with Gasteiger partial charge in [0.2, 0.25) is 11.8 Å². The molecule has 2 fully saturated rings. The van der Waals surface area contributed by atoms with Gasteiger partial charge in [-0.2, -0.15) is 0 Å². The van der Waals surface area contributed by atoms with Gasteiger partial charge in [0, 0.05) is 38.2 Å². The fraction of sp³-hybridized carbons (Fsp3) is 0.591. The van der Waals surface area contributed by atoms with Crippen molar-refractivity contribution in [2.24, 2.45) is 5.92 Å². The number of ketones is 1. The highest BCUT2D eigenvalue weighted by atomic mass is 19.1. The van der Waals surface area contributed by atoms with Gasteiger partial charge in [-0.1, -0.05) is 19.3 Å². The summed E-state index contributed by atoms with van der Waals surface area (Å²) in [5, 5.41) is 2.76. The Bertz CT molecular complexity index is 754. The fourth-order valence-corrected chi connectivity index (χ4v) is 4.19. The topological polar surface area (TPSA) is 69.7 Å². The number of amides is 2. The summed E-state index contributed by atoms with van der Waals surface area (Å²) in [4.78, 5) is 39.5. The Morgan fingerprint density at radius 1 is 1.07 bits per heavy atom. The molecule has 0 spiro atoms. The molecule has 6 nitrogen and oxygen atoms in total. The molecule has 0 atom stereocenters. The average molecular weight is 403 g/mol. The molecule has 1 aliphatic heterocycles. The first-order valence-corrected chi connectivity index (χ1v) is 10.5. The van der Waals surface area contributed by atoms with E-state index < -0.39 is 5.82 Å². The van der Waals surface area contributed by atoms with Crippen LogP contribution >= 0.6 is 0 Å². The number of benzene rings is 1. The van der Waals surface area contributed by atoms with Gasteiger partial charge in [-0.05, 0) is 43.9 Å². The average Bonchev–Trinajstić information content (AvgIpc) is 2.73. The first-order chi connectivity index (χ1) is 13.9. The summed E-state index contributed by atoms with van der Waals surface area (Å²) in [6, 6.07) is 4.51. The Hall–Kier alpha value is -2.44. The van der Waals surface area contributed by atoms with E-state index in [4.69, 9.17) is 0 Å². The molecule has 1 aliphatic carbocycles. The summed E-state index contributed by atoms with van der Waals surface area (Å²) in [7, 11) is 0. The lowest BCUT2D eigenvalue weighted by Crippen LogP contribution is -2.51. The van der Waals surface area contributed by atoms with Crippen molar-refractivity contribution in [3.8, 4) is 0 Å². The predicted octanol–water partition coefficient (Wildman–Crippen LogP) is 2.76. The monoisotopic (exact) mass is 403 g/mol. The fourth-order valence-electron chi connectivity index (χ4n) is 4.19. The lowest BCUT2D eigenvalue weighted by molar-refractivity contribution is -0.133. The predicted molar refractivity (Wildman–Crippen MR) is 109 cm³/mol. The molecule has 3 rings (SSSR count). The van der Waals surface area contributed by atoms with Crippen LogP contribution < -0.4 is 10.2 Å². The number of nitrogens with one attached hydrogen (secondary N) is 1. The van der Waals surface area contributed by atoms with Gasteiger partial charge in [0.25, 0.3) is 0 Å². The van der Waals surface area contributed by atoms with E-state index in [-0.39, 0.29) is 24.1 Å². The maximum Gasteiger partial charge on any atom is 0.242 e. The van der Waals surface area contributed by atoms with Crippen molar-refractivity contribution in [1.29, 1.82) is 0 Å². The van der Waals surface area contributed by atoms with Crippen LogP contribution in [-0.4, -0.2) is 55.2 Å². The molecule has 1 aromatic rings. The van der Waals surface area contributed by atoms with Gasteiger partial charge < -0.3 is 15.1 Å². The van der Waals surface area contributed by atoms with Crippen molar-refractivity contribution >= 4 is 23.3 Å². The molecule has 0 bridgehead atoms. The van der Waals surface area contributed by atoms with E-state index in [1.54, 1.807) is 17.0 Å². The van der Waals surface area contributed by atoms with Crippen LogP contribution in [0, 0.1) is 11.7 Å². The number of hydrogen-bond donors (Lipinski definition) is 1. The minimum absolute atomic E-state index is 0.0211. The van der Waals surface area contributed by atoms with Gasteiger partial charge in [0.1, 0.15) is 5.82 Å². The molecule has 7 heteroatoms. The molecule has 2 aliphatic rings. The summed E-state index contributed by atoms with van der Waals surface area (Å²) >= 11 is 0. The van der Waals surface area contributed by atoms with Gasteiger partial charge in [-0.25, -0.2) is 4.39 Å². The van der Waals surface area contributed by atoms with Crippen LogP contribution in [-0.2, 0) is 9.59 Å². The van der Waals surface area contributed by atoms with Crippen LogP contribution in [0.2, 0.25) is 0 Å². The molecule has 1 N–H and O–H groups in total. The SMILES string of the molecule is CC(=O)c1ccc(N2CCN(C(=O)CNC(=O)CC3CCCCC3)CC2)c(F)c1. The summed E-state index contributed by atoms with van der Waals surface area (Å²) in [6.45, 7) is 3.41. The quantitative estimate of drug-likeness (QED) is 0.742. The van der Waals surface area contributed by atoms with E-state index in [1.165, 1.54) is 32.3 Å². The van der Waals surface area contributed by atoms with E-state index in [0.29, 0.717) is 49.8 Å². The van der Waals surface area contributed by atoms with E-state index in [2.05, 4.69) is 5.32 Å². The zero-order valence-corrected chi connectivity index (χ0v) is 17.1. The molecule has 29 heavy (non-hydrogen) atoms. The van der Waals surface area contributed by atoms with Crippen LogP contribution in [0.4, 0.5) is 10.1 Å². The van der Waals surface area contributed by atoms with Crippen LogP contribution in [0.3, 0.4) is 0 Å². The second kappa shape index (κ2) is 9.85. The number of anilines is 1. The molecule has 1 aromatic carbocycles. The van der Waals surface area contributed by atoms with E-state index >= 15 is 0 Å². The maximum atomic E-state index is 14.3. The highest BCUT2D eigenvalue weighted by molar-refractivity contribution is 5.94. The minimum Gasteiger partial charge on any atom is -0.366 e. The third kappa shape index (κ3) is 5.78. The first kappa shape index (κ1) is 21.3. The highest BCUT2D eigenvalue weighted by Gasteiger charge is 2.24. The zero-order chi connectivity index (χ0) is 20.8. The minimum atomic E-state index is -0.424. The number of Topliss-reactive ketones (excluding diaryl/α,β-unsaturated/α-hetero) is 1. The summed E-state index contributed by atoms with van der Waals surface area (Å²) in [5.41, 5.74) is 0.798. The smallest absolute Gasteiger partial charge is 0.242 e. The second-order valence-electron chi connectivity index (χ2n) is 8.08. The number of carbonyl (C=O) groups excluding carboxylic acids is 3. The van der Waals surface area contributed by atoms with Crippen molar-refractivity contribution in [2.75, 3.05) is 37.6 Å². The Balaban J connectivity index is 1.43. The molecular weight excluding hydrogens is 373 g/mol. The number of nitrogens with zero attached hydrogens (tertiary/aromatic N) is 2. The van der Waals surface area contributed by atoms with Gasteiger partial charge in [0.15, 0.2) is 5.78 Å². The lowest BCUT2D eigenvalue weighted by atomic mass is 9.87. The second-order valence-corrected chi connectivity index (χ2v) is 8.08. The van der Waals surface area contributed by atoms with E-state index in [9.17, 15) is 18.8 Å². The van der Waals surface area contributed by atoms with Crippen molar-refractivity contribution < 1.29 is 18.8 Å². The third-order valence-electron chi connectivity index (χ3n) is 5.96. The molecule has 0 aromatic heterocycles. The molecule has 1 saturated carbocycles. The number of halogens is 1. The lowest BCUT2D eigenvalue weighted by Gasteiger charge is -2.36. The summed E-state index contributed by atoms with van der Waals surface area (Å²) in [5.74, 6) is -0.291. The van der Waals surface area contributed by atoms with Crippen LogP contribution in [0.15, 0.2) is 18.2 Å². The number of hydrogen-bond acceptors (Lipinski definition) is 4. The number of piperazine rings is 1. The summed E-state index contributed by atoms with van der Waals surface area (Å²) in [6.07, 6.45) is 6.36. The standard InChI is InChI=1S/C22H30FN3O3/c1-16(27)18-7-8-20(19(23)14-18)25-9-11-26(12-10-25)22(29)15-24-21(28)13-17-5-3-2-4-6-17/h7-8,14,17H,2-6,9-13,15H2,1H3,(H,24,28). The van der Waals surface area contributed by atoms with E-state index in [0.717, 1.165) is 12.8 Å². The largest absolute Gasteiger partial charge is 0.366 e. The Kier molecular flexibility index (Phi) is 7.23. The zero-order valence-electron chi connectivity index (χ0n) is 17.1. The van der Waals surface area contributed by atoms with Gasteiger partial charge in [-0.15, -0.1) is 0 Å². The molecule has 1 heterocycles. The summed E-state index contributed by atoms with van der Waals surface area (Å²) < 4.78 is 14.3. The number of carbonyl (C=O) groups is 3.